The first kappa shape index (κ1) is 10.7. The third kappa shape index (κ3) is 1.42. The Bertz CT molecular complexity index is 397. The van der Waals surface area contributed by atoms with Crippen molar-refractivity contribution in [3.05, 3.63) is 18.2 Å². The fourth-order valence-corrected chi connectivity index (χ4v) is 4.23. The summed E-state index contributed by atoms with van der Waals surface area (Å²) in [6.45, 7) is 5.93. The summed E-state index contributed by atoms with van der Waals surface area (Å²) >= 11 is 0. The van der Waals surface area contributed by atoms with Gasteiger partial charge < -0.3 is 9.84 Å². The second-order valence-electron chi connectivity index (χ2n) is 4.84. The summed E-state index contributed by atoms with van der Waals surface area (Å²) in [7, 11) is -2.40. The van der Waals surface area contributed by atoms with E-state index in [1.165, 1.54) is 0 Å². The Morgan fingerprint density at radius 1 is 1.33 bits per heavy atom. The van der Waals surface area contributed by atoms with Crippen molar-refractivity contribution >= 4 is 12.8 Å². The minimum absolute atomic E-state index is 0.149. The van der Waals surface area contributed by atoms with Crippen molar-refractivity contribution in [3.8, 4) is 11.5 Å². The van der Waals surface area contributed by atoms with E-state index in [4.69, 9.17) is 4.74 Å². The van der Waals surface area contributed by atoms with E-state index in [9.17, 15) is 10.00 Å². The van der Waals surface area contributed by atoms with Crippen LogP contribution in [0.3, 0.4) is 0 Å². The summed E-state index contributed by atoms with van der Waals surface area (Å²) in [6, 6.07) is 5.12. The minimum atomic E-state index is -2.40. The van der Waals surface area contributed by atoms with Crippen molar-refractivity contribution in [3.63, 3.8) is 0 Å². The van der Waals surface area contributed by atoms with Gasteiger partial charge in [0.15, 0.2) is 11.5 Å². The van der Waals surface area contributed by atoms with Crippen LogP contribution in [0.25, 0.3) is 0 Å². The number of fused-ring (bicyclic) bond motifs is 1. The Kier molecular flexibility index (Phi) is 2.21. The first-order chi connectivity index (χ1) is 6.86. The molecule has 0 aliphatic carbocycles. The molecule has 1 unspecified atom stereocenters. The molecule has 1 aromatic rings. The van der Waals surface area contributed by atoms with E-state index in [1.54, 1.807) is 18.2 Å². The van der Waals surface area contributed by atoms with Crippen molar-refractivity contribution in [2.75, 3.05) is 6.35 Å². The van der Waals surface area contributed by atoms with Crippen LogP contribution in [0.1, 0.15) is 20.8 Å². The van der Waals surface area contributed by atoms with Gasteiger partial charge in [0.25, 0.3) is 0 Å². The van der Waals surface area contributed by atoms with Crippen LogP contribution < -0.4 is 10.0 Å². The third-order valence-corrected chi connectivity index (χ3v) is 6.78. The summed E-state index contributed by atoms with van der Waals surface area (Å²) in [5.74, 6) is 0.775. The van der Waals surface area contributed by atoms with Crippen molar-refractivity contribution in [2.45, 2.75) is 25.9 Å². The van der Waals surface area contributed by atoms with E-state index < -0.39 is 7.49 Å². The second kappa shape index (κ2) is 3.10. The highest BCUT2D eigenvalue weighted by atomic mass is 31.2. The normalized spacial score (nSPS) is 24.8. The number of rotatable bonds is 0. The predicted molar refractivity (Wildman–Crippen MR) is 62.1 cm³/mol. The van der Waals surface area contributed by atoms with Gasteiger partial charge in [0.05, 0.1) is 0 Å². The molecule has 4 heteroatoms. The molecule has 0 radical (unpaired) electrons. The molecule has 82 valence electrons. The van der Waals surface area contributed by atoms with Gasteiger partial charge in [-0.2, -0.15) is 0 Å². The van der Waals surface area contributed by atoms with E-state index in [-0.39, 0.29) is 10.9 Å². The van der Waals surface area contributed by atoms with Gasteiger partial charge in [-0.3, -0.25) is 0 Å². The van der Waals surface area contributed by atoms with E-state index in [2.05, 4.69) is 0 Å². The Balaban J connectivity index is 2.62. The molecule has 0 spiro atoms. The fraction of sp³-hybridized carbons (Fsp3) is 0.455. The molecule has 1 aliphatic rings. The summed E-state index contributed by atoms with van der Waals surface area (Å²) in [4.78, 5) is 10.7. The summed E-state index contributed by atoms with van der Waals surface area (Å²) in [5, 5.41) is 10.2. The van der Waals surface area contributed by atoms with Crippen molar-refractivity contribution < 1.29 is 14.7 Å². The van der Waals surface area contributed by atoms with E-state index in [0.717, 1.165) is 0 Å². The van der Waals surface area contributed by atoms with Crippen LogP contribution in [0.15, 0.2) is 18.2 Å². The number of hydrogen-bond donors (Lipinski definition) is 2. The monoisotopic (exact) mass is 227 g/mol. The lowest BCUT2D eigenvalue weighted by atomic mass is 10.3. The first-order valence-corrected chi connectivity index (χ1v) is 6.85. The molecule has 2 rings (SSSR count). The lowest BCUT2D eigenvalue weighted by molar-refractivity contribution is 0.382. The van der Waals surface area contributed by atoms with Gasteiger partial charge in [0.2, 0.25) is 19.1 Å². The van der Waals surface area contributed by atoms with Crippen molar-refractivity contribution in [2.24, 2.45) is 0 Å². The highest BCUT2D eigenvalue weighted by Crippen LogP contribution is 2.69. The molecule has 1 heterocycles. The molecule has 1 aromatic carbocycles. The molecule has 0 aromatic heterocycles. The fourth-order valence-electron chi connectivity index (χ4n) is 1.76. The summed E-state index contributed by atoms with van der Waals surface area (Å²) in [6.07, 6.45) is 0.309. The highest BCUT2D eigenvalue weighted by molar-refractivity contribution is 7.79. The van der Waals surface area contributed by atoms with Gasteiger partial charge in [0, 0.05) is 0 Å². The molecular formula is C11H16O3P+. The SMILES string of the molecule is CC(C)(C)[P+]1(O)COc2cccc(O)c21. The summed E-state index contributed by atoms with van der Waals surface area (Å²) < 4.78 is 5.46. The third-order valence-electron chi connectivity index (χ3n) is 2.86. The van der Waals surface area contributed by atoms with Crippen LogP contribution in [0.4, 0.5) is 0 Å². The molecule has 1 aliphatic heterocycles. The average molecular weight is 227 g/mol. The molecule has 1 atom stereocenters. The quantitative estimate of drug-likeness (QED) is 0.667. The Hall–Kier alpha value is -0.790. The smallest absolute Gasteiger partial charge is 0.228 e. The van der Waals surface area contributed by atoms with Crippen LogP contribution in [0.5, 0.6) is 11.5 Å². The maximum absolute atomic E-state index is 10.7. The van der Waals surface area contributed by atoms with Gasteiger partial charge in [0.1, 0.15) is 5.16 Å². The second-order valence-corrected chi connectivity index (χ2v) is 8.42. The maximum Gasteiger partial charge on any atom is 0.228 e. The van der Waals surface area contributed by atoms with Gasteiger partial charge in [-0.1, -0.05) is 6.07 Å². The molecule has 0 fully saturated rings. The van der Waals surface area contributed by atoms with E-state index >= 15 is 0 Å². The van der Waals surface area contributed by atoms with Gasteiger partial charge in [-0.15, -0.1) is 0 Å². The molecule has 3 nitrogen and oxygen atoms in total. The van der Waals surface area contributed by atoms with Gasteiger partial charge >= 0.3 is 0 Å². The predicted octanol–water partition coefficient (Wildman–Crippen LogP) is 2.09. The lowest BCUT2D eigenvalue weighted by Gasteiger charge is -2.26. The maximum atomic E-state index is 10.7. The highest BCUT2D eigenvalue weighted by Gasteiger charge is 2.58. The Labute approximate surface area is 90.1 Å². The van der Waals surface area contributed by atoms with Crippen molar-refractivity contribution in [1.82, 2.24) is 0 Å². The zero-order valence-electron chi connectivity index (χ0n) is 9.19. The van der Waals surface area contributed by atoms with E-state index in [1.807, 2.05) is 20.8 Å². The van der Waals surface area contributed by atoms with E-state index in [0.29, 0.717) is 17.4 Å². The summed E-state index contributed by atoms with van der Waals surface area (Å²) in [5.41, 5.74) is 0. The molecule has 2 N–H and O–H groups in total. The standard InChI is InChI=1S/C11H15O3P/c1-11(2,3)15(13)7-14-9-6-4-5-8(12)10(9)15/h4-6,13H,7H2,1-3H3/p+1. The molecule has 0 saturated heterocycles. The first-order valence-electron chi connectivity index (χ1n) is 4.92. The minimum Gasteiger partial charge on any atom is -0.504 e. The molecule has 0 bridgehead atoms. The molecule has 0 amide bonds. The number of phenols is 1. The number of aromatic hydroxyl groups is 1. The van der Waals surface area contributed by atoms with Crippen molar-refractivity contribution in [1.29, 1.82) is 0 Å². The zero-order valence-corrected chi connectivity index (χ0v) is 10.1. The van der Waals surface area contributed by atoms with Crippen LogP contribution in [-0.2, 0) is 0 Å². The van der Waals surface area contributed by atoms with Gasteiger partial charge in [-0.25, -0.2) is 4.89 Å². The Morgan fingerprint density at radius 3 is 2.60 bits per heavy atom. The topological polar surface area (TPSA) is 49.7 Å². The number of phenolic OH excluding ortho intramolecular Hbond substituents is 1. The average Bonchev–Trinajstić information content (AvgIpc) is 2.45. The number of ether oxygens (including phenoxy) is 1. The van der Waals surface area contributed by atoms with Crippen LogP contribution in [-0.4, -0.2) is 21.5 Å². The van der Waals surface area contributed by atoms with Crippen LogP contribution >= 0.6 is 7.49 Å². The number of hydrogen-bond acceptors (Lipinski definition) is 3. The lowest BCUT2D eigenvalue weighted by Crippen LogP contribution is -2.27. The molecule has 15 heavy (non-hydrogen) atoms. The Morgan fingerprint density at radius 2 is 2.00 bits per heavy atom. The molecule has 0 saturated carbocycles. The zero-order chi connectivity index (χ0) is 11.3. The largest absolute Gasteiger partial charge is 0.504 e. The number of benzene rings is 1. The van der Waals surface area contributed by atoms with Crippen LogP contribution in [0, 0.1) is 0 Å². The molecular weight excluding hydrogens is 211 g/mol. The van der Waals surface area contributed by atoms with Gasteiger partial charge in [-0.05, 0) is 32.9 Å². The van der Waals surface area contributed by atoms with Crippen LogP contribution in [0.2, 0.25) is 0 Å².